The first-order valence-corrected chi connectivity index (χ1v) is 26.4. The number of aliphatic hydroxyl groups excluding tert-OH is 1. The monoisotopic (exact) mass is 1040 g/mol. The average molecular weight is 1040 g/mol. The van der Waals surface area contributed by atoms with Gasteiger partial charge in [-0.05, 0) is 111 Å². The van der Waals surface area contributed by atoms with Crippen LogP contribution >= 0.6 is 34.3 Å². The van der Waals surface area contributed by atoms with Crippen molar-refractivity contribution in [1.29, 1.82) is 0 Å². The van der Waals surface area contributed by atoms with Gasteiger partial charge < -0.3 is 35.1 Å². The van der Waals surface area contributed by atoms with Gasteiger partial charge in [-0.2, -0.15) is 0 Å². The van der Waals surface area contributed by atoms with Crippen molar-refractivity contribution in [3.05, 3.63) is 139 Å². The third-order valence-corrected chi connectivity index (χ3v) is 16.0. The summed E-state index contributed by atoms with van der Waals surface area (Å²) in [7, 11) is 0. The van der Waals surface area contributed by atoms with E-state index in [-0.39, 0.29) is 49.5 Å². The summed E-state index contributed by atoms with van der Waals surface area (Å²) in [5.41, 5.74) is 6.51. The minimum absolute atomic E-state index is 0.0151. The zero-order valence-corrected chi connectivity index (χ0v) is 44.6. The van der Waals surface area contributed by atoms with Crippen LogP contribution in [0.2, 0.25) is 5.02 Å². The van der Waals surface area contributed by atoms with Crippen molar-refractivity contribution in [2.24, 2.45) is 10.4 Å². The molecular formula is C55H59ClN8O7S2. The van der Waals surface area contributed by atoms with Crippen molar-refractivity contribution in [2.75, 3.05) is 13.1 Å². The van der Waals surface area contributed by atoms with Crippen LogP contribution in [0.1, 0.15) is 114 Å². The third kappa shape index (κ3) is 10.7. The number of amides is 4. The predicted octanol–water partition coefficient (Wildman–Crippen LogP) is 9.54. The van der Waals surface area contributed by atoms with Crippen LogP contribution in [0.4, 0.5) is 0 Å². The van der Waals surface area contributed by atoms with E-state index in [2.05, 4.69) is 58.4 Å². The van der Waals surface area contributed by atoms with Gasteiger partial charge in [-0.15, -0.1) is 32.9 Å². The molecule has 0 bridgehead atoms. The molecule has 0 spiro atoms. The number of rotatable bonds is 14. The van der Waals surface area contributed by atoms with Gasteiger partial charge in [-0.25, -0.2) is 0 Å². The number of aliphatic hydroxyl groups is 1. The largest absolute Gasteiger partial charge is 0.489 e. The van der Waals surface area contributed by atoms with E-state index in [1.807, 2.05) is 94.6 Å². The number of thiophene rings is 2. The number of likely N-dealkylation sites (tertiary alicyclic amines) is 1. The minimum Gasteiger partial charge on any atom is -0.489 e. The molecule has 3 aromatic carbocycles. The number of nitrogens with one attached hydrogen (secondary N) is 3. The van der Waals surface area contributed by atoms with E-state index in [0.717, 1.165) is 43.4 Å². The lowest BCUT2D eigenvalue weighted by atomic mass is 9.85. The summed E-state index contributed by atoms with van der Waals surface area (Å²) in [5, 5.41) is 32.9. The van der Waals surface area contributed by atoms with E-state index >= 15 is 0 Å². The highest BCUT2D eigenvalue weighted by Gasteiger charge is 2.45. The first kappa shape index (κ1) is 51.2. The van der Waals surface area contributed by atoms with Gasteiger partial charge in [0.2, 0.25) is 17.7 Å². The Morgan fingerprint density at radius 2 is 1.66 bits per heavy atom. The number of hydrogen-bond acceptors (Lipinski definition) is 12. The molecule has 0 unspecified atom stereocenters. The van der Waals surface area contributed by atoms with Crippen LogP contribution in [0.3, 0.4) is 0 Å². The Morgan fingerprint density at radius 3 is 2.36 bits per heavy atom. The Bertz CT molecular complexity index is 3260. The summed E-state index contributed by atoms with van der Waals surface area (Å²) in [6.07, 6.45) is -1.30. The Labute approximate surface area is 437 Å². The van der Waals surface area contributed by atoms with Gasteiger partial charge >= 0.3 is 0 Å². The molecule has 4 amide bonds. The molecule has 6 atom stereocenters. The van der Waals surface area contributed by atoms with E-state index in [0.29, 0.717) is 33.4 Å². The molecule has 1 saturated heterocycles. The summed E-state index contributed by atoms with van der Waals surface area (Å²) in [4.78, 5) is 64.7. The zero-order chi connectivity index (χ0) is 52.0. The average Bonchev–Trinajstić information content (AvgIpc) is 4.19. The summed E-state index contributed by atoms with van der Waals surface area (Å²) < 4.78 is 14.3. The van der Waals surface area contributed by atoms with Crippen molar-refractivity contribution in [1.82, 2.24) is 35.6 Å². The lowest BCUT2D eigenvalue weighted by molar-refractivity contribution is -0.142. The highest BCUT2D eigenvalue weighted by Crippen LogP contribution is 2.40. The molecule has 2 aliphatic rings. The molecule has 15 nitrogen and oxygen atoms in total. The maximum atomic E-state index is 14.4. The van der Waals surface area contributed by atoms with Crippen LogP contribution in [-0.4, -0.2) is 91.5 Å². The number of furan rings is 1. The van der Waals surface area contributed by atoms with Crippen LogP contribution in [0.25, 0.3) is 26.4 Å². The number of nitrogens with zero attached hydrogens (tertiary/aromatic N) is 5. The summed E-state index contributed by atoms with van der Waals surface area (Å²) in [6, 6.07) is 21.4. The summed E-state index contributed by atoms with van der Waals surface area (Å²) in [5.74, 6) is -0.0273. The number of aromatic nitrogens is 3. The number of fused-ring (bicyclic) bond motifs is 4. The lowest BCUT2D eigenvalue weighted by Gasteiger charge is -2.35. The number of aliphatic imine (C=N–C) groups is 1. The van der Waals surface area contributed by atoms with Gasteiger partial charge in [0.1, 0.15) is 46.4 Å². The van der Waals surface area contributed by atoms with E-state index in [9.17, 15) is 24.3 Å². The number of ether oxygens (including phenoxy) is 1. The molecule has 380 valence electrons. The van der Waals surface area contributed by atoms with Crippen LogP contribution in [0, 0.1) is 33.1 Å². The van der Waals surface area contributed by atoms with Gasteiger partial charge in [0.15, 0.2) is 11.6 Å². The Kier molecular flexibility index (Phi) is 14.5. The van der Waals surface area contributed by atoms with Crippen LogP contribution < -0.4 is 20.7 Å². The van der Waals surface area contributed by atoms with Crippen molar-refractivity contribution >= 4 is 74.6 Å². The molecule has 18 heteroatoms. The topological polar surface area (TPSA) is 193 Å². The minimum atomic E-state index is -1.07. The molecule has 0 radical (unpaired) electrons. The fraction of sp³-hybridized carbons (Fsp3) is 0.364. The second kappa shape index (κ2) is 20.7. The molecule has 0 aliphatic carbocycles. The van der Waals surface area contributed by atoms with Crippen molar-refractivity contribution in [2.45, 2.75) is 112 Å². The highest BCUT2D eigenvalue weighted by molar-refractivity contribution is 7.15. The van der Waals surface area contributed by atoms with E-state index in [1.165, 1.54) is 15.3 Å². The van der Waals surface area contributed by atoms with Crippen molar-refractivity contribution in [3.8, 4) is 21.2 Å². The predicted molar refractivity (Wildman–Crippen MR) is 285 cm³/mol. The van der Waals surface area contributed by atoms with Gasteiger partial charge in [-0.1, -0.05) is 68.8 Å². The van der Waals surface area contributed by atoms with Gasteiger partial charge in [0.05, 0.1) is 30.8 Å². The SMILES string of the molecule is Cc1ccsc1-c1ccc([C@H](C)NC(=O)[C@@H]2C[C@@H](O)CN2C(=O)[C@@H](NC(=O)c2cc3ccc(O[C@H](C)CNC(=O)C[C@@H]4N=C(c5ccc(Cl)cc5)c5c(sc(C)c5C)-n5c(C)nnc54)cc3o2)C(C)(C)C)cc1. The first-order chi connectivity index (χ1) is 34.7. The van der Waals surface area contributed by atoms with Crippen LogP contribution in [0.15, 0.2) is 93.7 Å². The fourth-order valence-corrected chi connectivity index (χ4v) is 11.7. The number of carbonyl (C=O) groups excluding carboxylic acids is 4. The zero-order valence-electron chi connectivity index (χ0n) is 42.2. The first-order valence-electron chi connectivity index (χ1n) is 24.3. The Hall–Kier alpha value is -6.66. The molecule has 4 N–H and O–H groups in total. The summed E-state index contributed by atoms with van der Waals surface area (Å²) >= 11 is 9.59. The number of benzene rings is 3. The van der Waals surface area contributed by atoms with Gasteiger partial charge in [0, 0.05) is 50.3 Å². The molecule has 4 aromatic heterocycles. The van der Waals surface area contributed by atoms with Crippen LogP contribution in [0.5, 0.6) is 5.75 Å². The van der Waals surface area contributed by atoms with Crippen molar-refractivity contribution in [3.63, 3.8) is 0 Å². The second-order valence-electron chi connectivity index (χ2n) is 20.1. The quantitative estimate of drug-likeness (QED) is 0.0821. The standard InChI is InChI=1S/C55H59ClN8O7S2/c1-28-20-21-72-48(28)36-12-10-34(11-13-36)31(4)58-51(67)42-23-39(65)27-63(42)53(69)49(55(7,8)9)60-52(68)44-22-37-16-19-40(24-43(37)71-44)70-29(2)26-57-45(66)25-41-50-62-61-33(6)64(50)54-46(30(3)32(5)73-54)47(59-41)35-14-17-38(56)18-15-35/h10-22,24,29,31,39,41-42,49,65H,23,25-27H2,1-9H3,(H,57,66)(H,58,67)(H,60,68)/t29-,31+,39-,41+,42+,49-/m1/s1. The number of carbonyl (C=O) groups is 4. The highest BCUT2D eigenvalue weighted by atomic mass is 35.5. The molecule has 6 heterocycles. The number of halogens is 1. The molecule has 73 heavy (non-hydrogen) atoms. The maximum absolute atomic E-state index is 14.4. The molecular weight excluding hydrogens is 984 g/mol. The Balaban J connectivity index is 0.828. The van der Waals surface area contributed by atoms with E-state index in [1.54, 1.807) is 46.9 Å². The smallest absolute Gasteiger partial charge is 0.287 e. The van der Waals surface area contributed by atoms with Crippen LogP contribution in [-0.2, 0) is 14.4 Å². The number of aryl methyl sites for hydroxylation is 3. The molecule has 0 saturated carbocycles. The van der Waals surface area contributed by atoms with E-state index < -0.39 is 47.6 Å². The molecule has 7 aromatic rings. The maximum Gasteiger partial charge on any atom is 0.287 e. The number of hydrogen-bond donors (Lipinski definition) is 4. The molecule has 1 fully saturated rings. The third-order valence-electron chi connectivity index (χ3n) is 13.5. The molecule has 9 rings (SSSR count). The fourth-order valence-electron chi connectivity index (χ4n) is 9.42. The Morgan fingerprint density at radius 1 is 0.932 bits per heavy atom. The summed E-state index contributed by atoms with van der Waals surface area (Å²) in [6.45, 7) is 17.4. The van der Waals surface area contributed by atoms with Gasteiger partial charge in [-0.3, -0.25) is 28.7 Å². The van der Waals surface area contributed by atoms with Gasteiger partial charge in [0.25, 0.3) is 5.91 Å². The lowest BCUT2D eigenvalue weighted by Crippen LogP contribution is -2.57. The second-order valence-corrected chi connectivity index (χ2v) is 22.7. The number of β-amino-alcohol motifs (C(OH)–C–C–N with tert-alkyl or cyclic N) is 1. The molecule has 2 aliphatic heterocycles. The normalized spacial score (nSPS) is 17.8. The van der Waals surface area contributed by atoms with Crippen molar-refractivity contribution < 1.29 is 33.4 Å². The van der Waals surface area contributed by atoms with E-state index in [4.69, 9.17) is 25.7 Å².